The van der Waals surface area contributed by atoms with Crippen molar-refractivity contribution in [3.8, 4) is 11.4 Å². The van der Waals surface area contributed by atoms with Crippen molar-refractivity contribution in [2.75, 3.05) is 26.7 Å². The van der Waals surface area contributed by atoms with Crippen LogP contribution in [0.25, 0.3) is 11.4 Å². The van der Waals surface area contributed by atoms with Gasteiger partial charge in [0.25, 0.3) is 0 Å². The Morgan fingerprint density at radius 2 is 1.80 bits per heavy atom. The molecule has 0 spiro atoms. The first-order valence-corrected chi connectivity index (χ1v) is 18.4. The molecule has 0 saturated carbocycles. The summed E-state index contributed by atoms with van der Waals surface area (Å²) in [5.74, 6) is -1.85. The van der Waals surface area contributed by atoms with Crippen LogP contribution in [0.3, 0.4) is 0 Å². The molecule has 16 heteroatoms. The fourth-order valence-corrected chi connectivity index (χ4v) is 6.54. The highest BCUT2D eigenvalue weighted by molar-refractivity contribution is 5.94. The van der Waals surface area contributed by atoms with E-state index in [1.165, 1.54) is 16.8 Å². The van der Waals surface area contributed by atoms with Crippen molar-refractivity contribution in [2.24, 2.45) is 5.92 Å². The van der Waals surface area contributed by atoms with E-state index in [1.807, 2.05) is 44.2 Å². The van der Waals surface area contributed by atoms with Crippen LogP contribution in [0, 0.1) is 5.92 Å². The minimum Gasteiger partial charge on any atom is -0.388 e. The number of amides is 5. The maximum Gasteiger partial charge on any atom is 0.245 e. The van der Waals surface area contributed by atoms with Crippen LogP contribution in [-0.2, 0) is 41.6 Å². The molecule has 1 aromatic carbocycles. The zero-order valence-electron chi connectivity index (χ0n) is 31.1. The van der Waals surface area contributed by atoms with Crippen LogP contribution >= 0.6 is 0 Å². The number of aliphatic hydroxyl groups excluding tert-OH is 1. The van der Waals surface area contributed by atoms with Gasteiger partial charge in [0.2, 0.25) is 41.3 Å². The summed E-state index contributed by atoms with van der Waals surface area (Å²) in [4.78, 5) is 79.7. The number of carbonyl (C=O) groups is 5. The molecule has 6 atom stereocenters. The molecule has 2 fully saturated rings. The average molecular weight is 747 g/mol. The largest absolute Gasteiger partial charge is 0.388 e. The van der Waals surface area contributed by atoms with Crippen LogP contribution in [0.15, 0.2) is 59.4 Å². The van der Waals surface area contributed by atoms with Crippen molar-refractivity contribution >= 4 is 29.5 Å². The molecule has 2 aliphatic rings. The Balaban J connectivity index is 1.37. The Bertz CT molecular complexity index is 1740. The zero-order chi connectivity index (χ0) is 38.8. The van der Waals surface area contributed by atoms with Crippen molar-refractivity contribution < 1.29 is 38.3 Å². The number of benzene rings is 1. The summed E-state index contributed by atoms with van der Waals surface area (Å²) in [6, 6.07) is 8.95. The van der Waals surface area contributed by atoms with Crippen molar-refractivity contribution in [1.82, 2.24) is 40.9 Å². The van der Waals surface area contributed by atoms with E-state index in [9.17, 15) is 29.1 Å². The van der Waals surface area contributed by atoms with E-state index >= 15 is 0 Å². The lowest BCUT2D eigenvalue weighted by atomic mass is 9.97. The van der Waals surface area contributed by atoms with Crippen LogP contribution in [0.1, 0.15) is 57.9 Å². The maximum absolute atomic E-state index is 13.8. The van der Waals surface area contributed by atoms with E-state index in [-0.39, 0.29) is 44.8 Å². The maximum atomic E-state index is 13.8. The number of pyridine rings is 1. The lowest BCUT2D eigenvalue weighted by Gasteiger charge is -2.38. The predicted octanol–water partition coefficient (Wildman–Crippen LogP) is 1.04. The van der Waals surface area contributed by atoms with Gasteiger partial charge in [-0.1, -0.05) is 49.3 Å². The van der Waals surface area contributed by atoms with Gasteiger partial charge in [-0.15, -0.1) is 0 Å². The number of aliphatic hydroxyl groups is 1. The molecule has 290 valence electrons. The monoisotopic (exact) mass is 746 g/mol. The molecular formula is C38H50N8O8. The zero-order valence-corrected chi connectivity index (χ0v) is 31.1. The molecular weight excluding hydrogens is 696 g/mol. The molecule has 54 heavy (non-hydrogen) atoms. The Morgan fingerprint density at radius 1 is 1.02 bits per heavy atom. The number of ether oxygens (including phenoxy) is 1. The molecule has 2 bridgehead atoms. The van der Waals surface area contributed by atoms with E-state index in [1.54, 1.807) is 31.5 Å². The third kappa shape index (κ3) is 10.7. The lowest BCUT2D eigenvalue weighted by molar-refractivity contribution is -0.146. The van der Waals surface area contributed by atoms with E-state index in [4.69, 9.17) is 9.26 Å². The van der Waals surface area contributed by atoms with Gasteiger partial charge in [-0.05, 0) is 49.8 Å². The summed E-state index contributed by atoms with van der Waals surface area (Å²) < 4.78 is 11.3. The molecule has 0 radical (unpaired) electrons. The van der Waals surface area contributed by atoms with Gasteiger partial charge in [0.1, 0.15) is 30.3 Å². The summed E-state index contributed by atoms with van der Waals surface area (Å²) in [6.45, 7) is 4.95. The first-order chi connectivity index (χ1) is 25.9. The molecule has 2 aromatic heterocycles. The van der Waals surface area contributed by atoms with Crippen LogP contribution in [0.4, 0.5) is 0 Å². The van der Waals surface area contributed by atoms with Gasteiger partial charge in [0, 0.05) is 50.9 Å². The fraction of sp³-hybridized carbons (Fsp3) is 0.526. The van der Waals surface area contributed by atoms with Gasteiger partial charge in [-0.25, -0.2) is 0 Å². The number of aryl methyl sites for hydroxylation is 1. The molecule has 4 N–H and O–H groups in total. The highest BCUT2D eigenvalue weighted by Gasteiger charge is 2.39. The number of nitrogens with one attached hydrogen (secondary N) is 3. The number of nitrogens with zero attached hydrogens (tertiary/aromatic N) is 5. The van der Waals surface area contributed by atoms with E-state index < -0.39 is 72.5 Å². The van der Waals surface area contributed by atoms with E-state index in [0.717, 1.165) is 5.56 Å². The number of hydrogen-bond donors (Lipinski definition) is 4. The molecule has 0 unspecified atom stereocenters. The fourth-order valence-electron chi connectivity index (χ4n) is 6.54. The summed E-state index contributed by atoms with van der Waals surface area (Å²) in [5.41, 5.74) is 1.49. The Labute approximate surface area is 314 Å². The Kier molecular flexibility index (Phi) is 13.8. The van der Waals surface area contributed by atoms with Crippen molar-refractivity contribution in [2.45, 2.75) is 95.7 Å². The van der Waals surface area contributed by atoms with Gasteiger partial charge in [-0.3, -0.25) is 29.0 Å². The summed E-state index contributed by atoms with van der Waals surface area (Å²) in [6.07, 6.45) is 2.39. The third-order valence-electron chi connectivity index (χ3n) is 9.70. The highest BCUT2D eigenvalue weighted by atomic mass is 16.5. The molecule has 16 nitrogen and oxygen atoms in total. The molecule has 4 heterocycles. The van der Waals surface area contributed by atoms with Crippen molar-refractivity contribution in [3.63, 3.8) is 0 Å². The smallest absolute Gasteiger partial charge is 0.245 e. The molecule has 5 amide bonds. The first kappa shape index (κ1) is 40.0. The second-order valence-corrected chi connectivity index (χ2v) is 14.3. The number of rotatable bonds is 9. The second-order valence-electron chi connectivity index (χ2n) is 14.3. The van der Waals surface area contributed by atoms with E-state index in [2.05, 4.69) is 31.1 Å². The number of hydrogen-bond acceptors (Lipinski definition) is 11. The first-order valence-electron chi connectivity index (χ1n) is 18.4. The molecule has 5 rings (SSSR count). The standard InChI is InChI=1S/C38H50N8O8/c1-23(2)18-29-38(52)45(4)24(3)36(50)42-28(19-25-10-6-5-7-11-25)37(51)41-27-15-17-53-30(34(27)49)21-46(22-31(47)40-29)33(48)14-8-13-32-43-35(44-54-32)26-12-9-16-39-20-26/h5-7,9-12,16,20,23-24,27-30,34,49H,8,13-15,17-19,21-22H2,1-4H3,(H,40,47)(H,41,51)(H,42,50)/t24-,27-,28-,29+,30+,34-/m0/s1. The number of carbonyl (C=O) groups excluding carboxylic acids is 5. The van der Waals surface area contributed by atoms with Crippen LogP contribution < -0.4 is 16.0 Å². The number of fused-ring (bicyclic) bond motifs is 2. The molecule has 0 aliphatic carbocycles. The Morgan fingerprint density at radius 3 is 2.52 bits per heavy atom. The molecule has 2 saturated heterocycles. The van der Waals surface area contributed by atoms with Crippen LogP contribution in [0.5, 0.6) is 0 Å². The van der Waals surface area contributed by atoms with Gasteiger partial charge in [0.05, 0.1) is 19.1 Å². The quantitative estimate of drug-likeness (QED) is 0.243. The number of aromatic nitrogens is 3. The molecule has 2 aliphatic heterocycles. The summed E-state index contributed by atoms with van der Waals surface area (Å²) >= 11 is 0. The predicted molar refractivity (Wildman–Crippen MR) is 195 cm³/mol. The lowest BCUT2D eigenvalue weighted by Crippen LogP contribution is -2.60. The number of likely N-dealkylation sites (N-methyl/N-ethyl adjacent to an activating group) is 1. The minimum absolute atomic E-state index is 0.00438. The second kappa shape index (κ2) is 18.7. The topological polar surface area (TPSA) is 209 Å². The van der Waals surface area contributed by atoms with Gasteiger partial charge in [-0.2, -0.15) is 4.98 Å². The van der Waals surface area contributed by atoms with Gasteiger partial charge >= 0.3 is 0 Å². The summed E-state index contributed by atoms with van der Waals surface area (Å²) in [7, 11) is 1.47. The minimum atomic E-state index is -1.24. The third-order valence-corrected chi connectivity index (χ3v) is 9.70. The van der Waals surface area contributed by atoms with E-state index in [0.29, 0.717) is 30.1 Å². The Hall–Kier alpha value is -5.22. The average Bonchev–Trinajstić information content (AvgIpc) is 3.63. The normalized spacial score (nSPS) is 24.8. The van der Waals surface area contributed by atoms with Crippen LogP contribution in [-0.4, -0.2) is 123 Å². The van der Waals surface area contributed by atoms with Crippen molar-refractivity contribution in [1.29, 1.82) is 0 Å². The SMILES string of the molecule is CC(C)C[C@H]1NC(=O)CN(C(=O)CCCc2nc(-c3cccnc3)no2)C[C@H]2OCC[C@H](NC(=O)[C@H](Cc3ccccc3)NC(=O)[C@H](C)N(C)C1=O)[C@@H]2O. The van der Waals surface area contributed by atoms with Crippen molar-refractivity contribution in [3.05, 3.63) is 66.3 Å². The van der Waals surface area contributed by atoms with Gasteiger partial charge in [0.15, 0.2) is 0 Å². The van der Waals surface area contributed by atoms with Crippen LogP contribution in [0.2, 0.25) is 0 Å². The molecule has 3 aromatic rings. The summed E-state index contributed by atoms with van der Waals surface area (Å²) in [5, 5.41) is 24.0. The van der Waals surface area contributed by atoms with Gasteiger partial charge < -0.3 is 40.1 Å². The highest BCUT2D eigenvalue weighted by Crippen LogP contribution is 2.20.